The van der Waals surface area contributed by atoms with Crippen LogP contribution in [0.4, 0.5) is 0 Å². The van der Waals surface area contributed by atoms with Crippen molar-refractivity contribution in [1.29, 1.82) is 0 Å². The zero-order chi connectivity index (χ0) is 15.4. The lowest BCUT2D eigenvalue weighted by Crippen LogP contribution is -2.53. The predicted molar refractivity (Wildman–Crippen MR) is 72.7 cm³/mol. The molecule has 0 aromatic carbocycles. The van der Waals surface area contributed by atoms with Gasteiger partial charge in [-0.05, 0) is 41.3 Å². The second-order valence-electron chi connectivity index (χ2n) is 3.91. The molecule has 0 aromatic rings. The van der Waals surface area contributed by atoms with Crippen LogP contribution < -0.4 is 0 Å². The van der Waals surface area contributed by atoms with E-state index in [1.165, 1.54) is 0 Å². The second-order valence-corrected chi connectivity index (χ2v) is 5.65. The largest absolute Gasteiger partial charge is 0.765 e. The highest BCUT2D eigenvalue weighted by Crippen LogP contribution is 2.18. The third kappa shape index (κ3) is 7.62. The van der Waals surface area contributed by atoms with Gasteiger partial charge in [0.05, 0.1) is 19.8 Å². The Balaban J connectivity index is 4.90. The summed E-state index contributed by atoms with van der Waals surface area (Å²) in [5.41, 5.74) is 0. The average molecular weight is 313 g/mol. The van der Waals surface area contributed by atoms with E-state index < -0.39 is 9.05 Å². The summed E-state index contributed by atoms with van der Waals surface area (Å²) < 4.78 is 21.3. The summed E-state index contributed by atoms with van der Waals surface area (Å²) >= 11 is 0. The smallest absolute Gasteiger partial charge is 0.331 e. The van der Waals surface area contributed by atoms with Crippen LogP contribution in [0.2, 0.25) is 0 Å². The Morgan fingerprint density at radius 1 is 0.800 bits per heavy atom. The molecule has 9 heteroatoms. The van der Waals surface area contributed by atoms with Crippen molar-refractivity contribution in [1.82, 2.24) is 4.90 Å². The van der Waals surface area contributed by atoms with Gasteiger partial charge in [0.1, 0.15) is 6.23 Å². The minimum Gasteiger partial charge on any atom is -0.331 e. The van der Waals surface area contributed by atoms with Crippen molar-refractivity contribution < 1.29 is 32.8 Å². The van der Waals surface area contributed by atoms with Crippen LogP contribution in [0.1, 0.15) is 34.1 Å². The van der Waals surface area contributed by atoms with Gasteiger partial charge >= 0.3 is 9.05 Å². The van der Waals surface area contributed by atoms with Crippen LogP contribution in [0.3, 0.4) is 0 Å². The fourth-order valence-electron chi connectivity index (χ4n) is 1.21. The Morgan fingerprint density at radius 3 is 1.45 bits per heavy atom. The van der Waals surface area contributed by atoms with E-state index in [4.69, 9.17) is 32.8 Å². The molecule has 122 valence electrons. The number of rotatable bonds is 13. The van der Waals surface area contributed by atoms with E-state index in [1.54, 1.807) is 20.8 Å². The van der Waals surface area contributed by atoms with E-state index in [1.807, 2.05) is 25.9 Å². The number of nitrogens with zero attached hydrogens (tertiary/aromatic N) is 1. The highest BCUT2D eigenvalue weighted by atomic mass is 28.4. The fourth-order valence-corrected chi connectivity index (χ4v) is 2.91. The van der Waals surface area contributed by atoms with Crippen LogP contribution >= 0.6 is 0 Å². The zero-order valence-electron chi connectivity index (χ0n) is 13.2. The molecule has 0 aliphatic rings. The second kappa shape index (κ2) is 11.5. The number of hydrogen-bond donors (Lipinski definition) is 0. The van der Waals surface area contributed by atoms with Gasteiger partial charge in [0.2, 0.25) is 0 Å². The normalized spacial score (nSPS) is 13.9. The quantitative estimate of drug-likeness (QED) is 0.220. The maximum Gasteiger partial charge on any atom is 0.765 e. The molecule has 0 rings (SSSR count). The first-order valence-corrected chi connectivity index (χ1v) is 8.44. The Hall–Kier alpha value is -0.103. The molecule has 20 heavy (non-hydrogen) atoms. The van der Waals surface area contributed by atoms with Gasteiger partial charge in [-0.3, -0.25) is 4.90 Å². The molecule has 0 aromatic heterocycles. The Labute approximate surface area is 122 Å². The van der Waals surface area contributed by atoms with E-state index in [0.29, 0.717) is 26.2 Å². The molecule has 0 aliphatic heterocycles. The standard InChI is InChI=1S/C11H27NO7Si/c1-7-11(12(5)6)16-20(17-13-8-2,18-14-9-3)19-15-10-4/h11H,7-10H2,1-6H3. The third-order valence-corrected chi connectivity index (χ3v) is 3.57. The van der Waals surface area contributed by atoms with Gasteiger partial charge in [0.25, 0.3) is 0 Å². The summed E-state index contributed by atoms with van der Waals surface area (Å²) in [6.07, 6.45) is 0.408. The summed E-state index contributed by atoms with van der Waals surface area (Å²) in [6, 6.07) is 0. The molecule has 0 bridgehead atoms. The van der Waals surface area contributed by atoms with Crippen molar-refractivity contribution in [3.63, 3.8) is 0 Å². The lowest BCUT2D eigenvalue weighted by atomic mass is 10.4. The predicted octanol–water partition coefficient (Wildman–Crippen LogP) is 1.64. The zero-order valence-corrected chi connectivity index (χ0v) is 14.2. The molecule has 0 spiro atoms. The van der Waals surface area contributed by atoms with Gasteiger partial charge in [0.15, 0.2) is 0 Å². The molecular weight excluding hydrogens is 286 g/mol. The molecule has 0 aliphatic carbocycles. The molecule has 0 amide bonds. The molecular formula is C11H27NO7Si. The third-order valence-electron chi connectivity index (χ3n) is 2.04. The van der Waals surface area contributed by atoms with Crippen LogP contribution in [0.25, 0.3) is 0 Å². The van der Waals surface area contributed by atoms with Crippen molar-refractivity contribution in [3.8, 4) is 0 Å². The molecule has 0 saturated heterocycles. The SMILES string of the molecule is CCOO[Si](OOCC)(OOCC)OC(CC)N(C)C. The summed E-state index contributed by atoms with van der Waals surface area (Å²) in [5, 5.41) is 0. The van der Waals surface area contributed by atoms with Gasteiger partial charge in [-0.15, -0.1) is 0 Å². The summed E-state index contributed by atoms with van der Waals surface area (Å²) in [4.78, 5) is 16.6. The van der Waals surface area contributed by atoms with Gasteiger partial charge in [-0.25, -0.2) is 14.7 Å². The van der Waals surface area contributed by atoms with Gasteiger partial charge < -0.3 is 4.43 Å². The first kappa shape index (κ1) is 19.9. The van der Waals surface area contributed by atoms with Gasteiger partial charge in [-0.1, -0.05) is 6.92 Å². The lowest BCUT2D eigenvalue weighted by Gasteiger charge is -2.30. The monoisotopic (exact) mass is 313 g/mol. The molecule has 0 N–H and O–H groups in total. The van der Waals surface area contributed by atoms with Crippen molar-refractivity contribution in [2.24, 2.45) is 0 Å². The molecule has 0 radical (unpaired) electrons. The Kier molecular flexibility index (Phi) is 11.5. The van der Waals surface area contributed by atoms with E-state index >= 15 is 0 Å². The maximum absolute atomic E-state index is 5.78. The first-order chi connectivity index (χ1) is 9.55. The maximum atomic E-state index is 5.78. The van der Waals surface area contributed by atoms with Crippen molar-refractivity contribution in [2.45, 2.75) is 40.3 Å². The fraction of sp³-hybridized carbons (Fsp3) is 1.00. The highest BCUT2D eigenvalue weighted by Gasteiger charge is 2.54. The molecule has 0 saturated carbocycles. The van der Waals surface area contributed by atoms with Crippen LogP contribution in [0.15, 0.2) is 0 Å². The summed E-state index contributed by atoms with van der Waals surface area (Å²) in [7, 11) is 0.0272. The van der Waals surface area contributed by atoms with Crippen LogP contribution in [0, 0.1) is 0 Å². The summed E-state index contributed by atoms with van der Waals surface area (Å²) in [5.74, 6) is 0. The minimum absolute atomic E-state index is 0.289. The minimum atomic E-state index is -3.71. The van der Waals surface area contributed by atoms with E-state index in [0.717, 1.165) is 0 Å². The molecule has 0 fully saturated rings. The van der Waals surface area contributed by atoms with Crippen LogP contribution in [-0.4, -0.2) is 54.1 Å². The van der Waals surface area contributed by atoms with E-state index in [2.05, 4.69) is 0 Å². The van der Waals surface area contributed by atoms with Crippen molar-refractivity contribution in [3.05, 3.63) is 0 Å². The Bertz CT molecular complexity index is 211. The van der Waals surface area contributed by atoms with Crippen molar-refractivity contribution in [2.75, 3.05) is 33.9 Å². The molecule has 8 nitrogen and oxygen atoms in total. The van der Waals surface area contributed by atoms with E-state index in [-0.39, 0.29) is 6.23 Å². The van der Waals surface area contributed by atoms with Gasteiger partial charge in [-0.2, -0.15) is 13.7 Å². The Morgan fingerprint density at radius 2 is 1.20 bits per heavy atom. The molecule has 1 atom stereocenters. The first-order valence-electron chi connectivity index (χ1n) is 6.81. The van der Waals surface area contributed by atoms with Crippen LogP contribution in [-0.2, 0) is 32.8 Å². The van der Waals surface area contributed by atoms with Crippen molar-refractivity contribution >= 4 is 9.05 Å². The van der Waals surface area contributed by atoms with E-state index in [9.17, 15) is 0 Å². The summed E-state index contributed by atoms with van der Waals surface area (Å²) in [6.45, 7) is 8.19. The van der Waals surface area contributed by atoms with Gasteiger partial charge in [0, 0.05) is 0 Å². The van der Waals surface area contributed by atoms with Crippen LogP contribution in [0.5, 0.6) is 0 Å². The molecule has 0 heterocycles. The molecule has 1 unspecified atom stereocenters. The highest BCUT2D eigenvalue weighted by molar-refractivity contribution is 6.52. The number of hydrogen-bond acceptors (Lipinski definition) is 8. The average Bonchev–Trinajstić information content (AvgIpc) is 2.45. The lowest BCUT2D eigenvalue weighted by molar-refractivity contribution is -0.391. The topological polar surface area (TPSA) is 67.9 Å².